The molecule has 1 aromatic carbocycles. The van der Waals surface area contributed by atoms with Crippen molar-refractivity contribution in [2.75, 3.05) is 18.8 Å². The molecule has 1 unspecified atom stereocenters. The number of nitrogens with one attached hydrogen (secondary N) is 1. The van der Waals surface area contributed by atoms with Crippen LogP contribution in [0, 0.1) is 6.92 Å². The van der Waals surface area contributed by atoms with Crippen molar-refractivity contribution in [3.8, 4) is 0 Å². The van der Waals surface area contributed by atoms with Crippen molar-refractivity contribution in [1.82, 2.24) is 5.32 Å². The topological polar surface area (TPSA) is 46.2 Å². The van der Waals surface area contributed by atoms with Crippen LogP contribution in [-0.4, -0.2) is 32.5 Å². The standard InChI is InChI=1S/C12H16ClNO2S/c1-9-10(3-2-4-12(9)13)7-11-8-14-5-6-17(11,15)16/h2-4,11,14H,5-8H2,1H3. The molecule has 3 nitrogen and oxygen atoms in total. The summed E-state index contributed by atoms with van der Waals surface area (Å²) in [6, 6.07) is 5.65. The first kappa shape index (κ1) is 12.9. The molecular weight excluding hydrogens is 258 g/mol. The lowest BCUT2D eigenvalue weighted by Gasteiger charge is -2.24. The molecule has 1 aromatic rings. The maximum Gasteiger partial charge on any atom is 0.155 e. The van der Waals surface area contributed by atoms with E-state index in [2.05, 4.69) is 5.32 Å². The Morgan fingerprint density at radius 1 is 1.47 bits per heavy atom. The molecule has 1 aliphatic heterocycles. The summed E-state index contributed by atoms with van der Waals surface area (Å²) in [5.41, 5.74) is 2.00. The molecular formula is C12H16ClNO2S. The Bertz CT molecular complexity index is 513. The minimum absolute atomic E-state index is 0.233. The molecule has 1 atom stereocenters. The third kappa shape index (κ3) is 2.81. The summed E-state index contributed by atoms with van der Waals surface area (Å²) < 4.78 is 23.8. The number of hydrogen-bond acceptors (Lipinski definition) is 3. The van der Waals surface area contributed by atoms with E-state index in [0.717, 1.165) is 11.1 Å². The van der Waals surface area contributed by atoms with Gasteiger partial charge in [-0.25, -0.2) is 8.42 Å². The first-order valence-electron chi connectivity index (χ1n) is 5.67. The van der Waals surface area contributed by atoms with Crippen molar-refractivity contribution in [3.63, 3.8) is 0 Å². The Hall–Kier alpha value is -0.580. The van der Waals surface area contributed by atoms with Gasteiger partial charge in [0.15, 0.2) is 9.84 Å². The molecule has 1 N–H and O–H groups in total. The van der Waals surface area contributed by atoms with Crippen molar-refractivity contribution in [1.29, 1.82) is 0 Å². The summed E-state index contributed by atoms with van der Waals surface area (Å²) in [7, 11) is -2.96. The zero-order valence-corrected chi connectivity index (χ0v) is 11.3. The van der Waals surface area contributed by atoms with Gasteiger partial charge in [0.2, 0.25) is 0 Å². The van der Waals surface area contributed by atoms with Crippen LogP contribution < -0.4 is 5.32 Å². The van der Waals surface area contributed by atoms with E-state index in [0.29, 0.717) is 24.5 Å². The largest absolute Gasteiger partial charge is 0.314 e. The van der Waals surface area contributed by atoms with Crippen LogP contribution in [0.3, 0.4) is 0 Å². The first-order chi connectivity index (χ1) is 8.00. The van der Waals surface area contributed by atoms with Gasteiger partial charge in [-0.1, -0.05) is 23.7 Å². The van der Waals surface area contributed by atoms with Crippen LogP contribution in [-0.2, 0) is 16.3 Å². The van der Waals surface area contributed by atoms with Crippen molar-refractivity contribution in [2.24, 2.45) is 0 Å². The summed E-state index contributed by atoms with van der Waals surface area (Å²) >= 11 is 6.04. The molecule has 0 radical (unpaired) electrons. The lowest BCUT2D eigenvalue weighted by atomic mass is 10.0. The van der Waals surface area contributed by atoms with Gasteiger partial charge in [-0.3, -0.25) is 0 Å². The van der Waals surface area contributed by atoms with Crippen LogP contribution in [0.2, 0.25) is 5.02 Å². The quantitative estimate of drug-likeness (QED) is 0.890. The fraction of sp³-hybridized carbons (Fsp3) is 0.500. The molecule has 1 saturated heterocycles. The van der Waals surface area contributed by atoms with Crippen LogP contribution in [0.25, 0.3) is 0 Å². The zero-order valence-electron chi connectivity index (χ0n) is 9.74. The van der Waals surface area contributed by atoms with Gasteiger partial charge < -0.3 is 5.32 Å². The van der Waals surface area contributed by atoms with Crippen molar-refractivity contribution >= 4 is 21.4 Å². The van der Waals surface area contributed by atoms with Crippen molar-refractivity contribution < 1.29 is 8.42 Å². The van der Waals surface area contributed by atoms with Crippen LogP contribution >= 0.6 is 11.6 Å². The van der Waals surface area contributed by atoms with Crippen LogP contribution in [0.4, 0.5) is 0 Å². The second-order valence-electron chi connectivity index (χ2n) is 4.42. The molecule has 0 bridgehead atoms. The Kier molecular flexibility index (Phi) is 3.76. The lowest BCUT2D eigenvalue weighted by molar-refractivity contribution is 0.543. The van der Waals surface area contributed by atoms with E-state index in [1.807, 2.05) is 25.1 Å². The third-order valence-electron chi connectivity index (χ3n) is 3.27. The van der Waals surface area contributed by atoms with Crippen LogP contribution in [0.5, 0.6) is 0 Å². The molecule has 94 valence electrons. The van der Waals surface area contributed by atoms with E-state index in [1.165, 1.54) is 0 Å². The maximum atomic E-state index is 11.9. The highest BCUT2D eigenvalue weighted by Gasteiger charge is 2.29. The van der Waals surface area contributed by atoms with Gasteiger partial charge in [-0.05, 0) is 30.5 Å². The third-order valence-corrected chi connectivity index (χ3v) is 5.80. The normalized spacial score (nSPS) is 23.5. The number of hydrogen-bond donors (Lipinski definition) is 1. The second-order valence-corrected chi connectivity index (χ2v) is 7.23. The molecule has 5 heteroatoms. The van der Waals surface area contributed by atoms with Crippen molar-refractivity contribution in [3.05, 3.63) is 34.3 Å². The van der Waals surface area contributed by atoms with E-state index in [1.54, 1.807) is 0 Å². The highest BCUT2D eigenvalue weighted by molar-refractivity contribution is 7.92. The predicted octanol–water partition coefficient (Wildman–Crippen LogP) is 1.58. The zero-order chi connectivity index (χ0) is 12.5. The van der Waals surface area contributed by atoms with E-state index < -0.39 is 9.84 Å². The summed E-state index contributed by atoms with van der Waals surface area (Å²) in [6.45, 7) is 3.03. The monoisotopic (exact) mass is 273 g/mol. The number of benzene rings is 1. The minimum Gasteiger partial charge on any atom is -0.314 e. The van der Waals surface area contributed by atoms with E-state index >= 15 is 0 Å². The highest BCUT2D eigenvalue weighted by Crippen LogP contribution is 2.22. The molecule has 2 rings (SSSR count). The Balaban J connectivity index is 2.23. The molecule has 1 aliphatic rings. The van der Waals surface area contributed by atoms with Crippen LogP contribution in [0.15, 0.2) is 18.2 Å². The highest BCUT2D eigenvalue weighted by atomic mass is 35.5. The van der Waals surface area contributed by atoms with Gasteiger partial charge in [0.25, 0.3) is 0 Å². The number of rotatable bonds is 2. The molecule has 0 aromatic heterocycles. The fourth-order valence-corrected chi connectivity index (χ4v) is 3.85. The minimum atomic E-state index is -2.96. The number of sulfone groups is 1. The molecule has 1 heterocycles. The van der Waals surface area contributed by atoms with Gasteiger partial charge in [0.05, 0.1) is 11.0 Å². The molecule has 0 amide bonds. The van der Waals surface area contributed by atoms with E-state index in [-0.39, 0.29) is 11.0 Å². The average molecular weight is 274 g/mol. The predicted molar refractivity (Wildman–Crippen MR) is 70.3 cm³/mol. The Morgan fingerprint density at radius 3 is 2.94 bits per heavy atom. The maximum absolute atomic E-state index is 11.9. The van der Waals surface area contributed by atoms with Gasteiger partial charge >= 0.3 is 0 Å². The molecule has 0 spiro atoms. The van der Waals surface area contributed by atoms with E-state index in [9.17, 15) is 8.42 Å². The smallest absolute Gasteiger partial charge is 0.155 e. The molecule has 1 fully saturated rings. The van der Waals surface area contributed by atoms with Gasteiger partial charge in [-0.2, -0.15) is 0 Å². The Morgan fingerprint density at radius 2 is 2.24 bits per heavy atom. The average Bonchev–Trinajstić information content (AvgIpc) is 2.27. The SMILES string of the molecule is Cc1c(Cl)cccc1CC1CNCCS1(=O)=O. The summed E-state index contributed by atoms with van der Waals surface area (Å²) in [4.78, 5) is 0. The van der Waals surface area contributed by atoms with Gasteiger partial charge in [0, 0.05) is 18.1 Å². The number of halogens is 1. The molecule has 0 saturated carbocycles. The summed E-state index contributed by atoms with van der Waals surface area (Å²) in [5, 5.41) is 3.50. The lowest BCUT2D eigenvalue weighted by Crippen LogP contribution is -2.45. The first-order valence-corrected chi connectivity index (χ1v) is 7.76. The van der Waals surface area contributed by atoms with Gasteiger partial charge in [-0.15, -0.1) is 0 Å². The van der Waals surface area contributed by atoms with Crippen LogP contribution in [0.1, 0.15) is 11.1 Å². The van der Waals surface area contributed by atoms with Crippen molar-refractivity contribution in [2.45, 2.75) is 18.6 Å². The summed E-state index contributed by atoms with van der Waals surface area (Å²) in [5.74, 6) is 0.233. The Labute approximate surface area is 107 Å². The van der Waals surface area contributed by atoms with Gasteiger partial charge in [0.1, 0.15) is 0 Å². The molecule has 0 aliphatic carbocycles. The second kappa shape index (κ2) is 4.96. The fourth-order valence-electron chi connectivity index (χ4n) is 2.09. The molecule has 17 heavy (non-hydrogen) atoms. The van der Waals surface area contributed by atoms with E-state index in [4.69, 9.17) is 11.6 Å². The summed E-state index contributed by atoms with van der Waals surface area (Å²) in [6.07, 6.45) is 0.543.